The van der Waals surface area contributed by atoms with Crippen molar-refractivity contribution in [1.29, 1.82) is 0 Å². The number of anilines is 1. The quantitative estimate of drug-likeness (QED) is 0.420. The molecule has 0 aliphatic rings. The van der Waals surface area contributed by atoms with Gasteiger partial charge in [0, 0.05) is 36.6 Å². The van der Waals surface area contributed by atoms with Gasteiger partial charge in [-0.25, -0.2) is 13.4 Å². The molecular weight excluding hydrogens is 438 g/mol. The van der Waals surface area contributed by atoms with Crippen molar-refractivity contribution in [2.45, 2.75) is 18.2 Å². The van der Waals surface area contributed by atoms with Crippen LogP contribution in [0.15, 0.2) is 53.4 Å². The Balaban J connectivity index is 1.92. The highest BCUT2D eigenvalue weighted by molar-refractivity contribution is 7.90. The molecule has 3 rings (SSSR count). The third-order valence-corrected chi connectivity index (χ3v) is 6.34. The summed E-state index contributed by atoms with van der Waals surface area (Å²) in [7, 11) is -3.33. The van der Waals surface area contributed by atoms with Crippen molar-refractivity contribution in [2.24, 2.45) is 0 Å². The van der Waals surface area contributed by atoms with Crippen molar-refractivity contribution in [3.05, 3.63) is 80.3 Å². The first-order chi connectivity index (χ1) is 14.6. The molecule has 160 valence electrons. The number of benzene rings is 2. The van der Waals surface area contributed by atoms with Gasteiger partial charge in [0.1, 0.15) is 0 Å². The van der Waals surface area contributed by atoms with Crippen molar-refractivity contribution in [3.63, 3.8) is 0 Å². The van der Waals surface area contributed by atoms with Crippen molar-refractivity contribution in [2.75, 3.05) is 11.6 Å². The number of sulfone groups is 1. The Labute approximate surface area is 183 Å². The maximum absolute atomic E-state index is 11.8. The van der Waals surface area contributed by atoms with Gasteiger partial charge in [0.05, 0.1) is 15.5 Å². The topological polar surface area (TPSA) is 119 Å². The zero-order valence-electron chi connectivity index (χ0n) is 16.7. The first-order valence-corrected chi connectivity index (χ1v) is 11.8. The lowest BCUT2D eigenvalue weighted by Crippen LogP contribution is -2.04. The highest BCUT2D eigenvalue weighted by Gasteiger charge is 2.13. The SMILES string of the molecule is CC(=O)Nc1nc(C=Cc2ccc([N+](=O)[O-])cc2)c(Cc2cccc(S(C)(=O)=O)c2)s1. The van der Waals surface area contributed by atoms with E-state index < -0.39 is 14.8 Å². The predicted molar refractivity (Wildman–Crippen MR) is 121 cm³/mol. The maximum Gasteiger partial charge on any atom is 0.269 e. The van der Waals surface area contributed by atoms with Gasteiger partial charge in [0.2, 0.25) is 5.91 Å². The predicted octanol–water partition coefficient (Wildman–Crippen LogP) is 4.17. The van der Waals surface area contributed by atoms with Crippen LogP contribution in [0.2, 0.25) is 0 Å². The number of nitro groups is 1. The summed E-state index contributed by atoms with van der Waals surface area (Å²) in [5, 5.41) is 13.9. The number of nitrogens with zero attached hydrogens (tertiary/aromatic N) is 2. The minimum absolute atomic E-state index is 0.00481. The Hall–Kier alpha value is -3.37. The van der Waals surface area contributed by atoms with E-state index in [4.69, 9.17) is 0 Å². The highest BCUT2D eigenvalue weighted by Crippen LogP contribution is 2.28. The standard InChI is InChI=1S/C21H19N3O5S2/c1-14(25)22-21-23-19(11-8-15-6-9-17(10-7-15)24(26)27)20(30-21)13-16-4-3-5-18(12-16)31(2,28)29/h3-12H,13H2,1-2H3,(H,22,23,25). The Bertz CT molecular complexity index is 1260. The molecule has 1 aromatic heterocycles. The molecule has 0 atom stereocenters. The molecule has 0 spiro atoms. The van der Waals surface area contributed by atoms with Gasteiger partial charge < -0.3 is 5.32 Å². The lowest BCUT2D eigenvalue weighted by molar-refractivity contribution is -0.384. The fourth-order valence-corrected chi connectivity index (χ4v) is 4.50. The molecule has 8 nitrogen and oxygen atoms in total. The van der Waals surface area contributed by atoms with Crippen molar-refractivity contribution >= 4 is 50.1 Å². The molecule has 1 amide bonds. The van der Waals surface area contributed by atoms with Gasteiger partial charge in [-0.2, -0.15) is 0 Å². The first kappa shape index (κ1) is 22.3. The molecule has 0 radical (unpaired) electrons. The van der Waals surface area contributed by atoms with Gasteiger partial charge in [-0.05, 0) is 41.5 Å². The summed E-state index contributed by atoms with van der Waals surface area (Å²) in [4.78, 5) is 27.3. The molecule has 3 aromatic rings. The first-order valence-electron chi connectivity index (χ1n) is 9.10. The Kier molecular flexibility index (Phi) is 6.62. The molecule has 31 heavy (non-hydrogen) atoms. The number of hydrogen-bond acceptors (Lipinski definition) is 7. The molecule has 2 aromatic carbocycles. The van der Waals surface area contributed by atoms with Crippen molar-refractivity contribution < 1.29 is 18.1 Å². The Morgan fingerprint density at radius 2 is 1.90 bits per heavy atom. The molecule has 0 saturated heterocycles. The third kappa shape index (κ3) is 6.06. The summed E-state index contributed by atoms with van der Waals surface area (Å²) >= 11 is 1.30. The summed E-state index contributed by atoms with van der Waals surface area (Å²) in [6.45, 7) is 1.39. The third-order valence-electron chi connectivity index (χ3n) is 4.24. The molecule has 0 fully saturated rings. The van der Waals surface area contributed by atoms with Crippen LogP contribution < -0.4 is 5.32 Å². The molecule has 10 heteroatoms. The highest BCUT2D eigenvalue weighted by atomic mass is 32.2. The minimum atomic E-state index is -3.33. The average Bonchev–Trinajstić information content (AvgIpc) is 3.06. The fraction of sp³-hybridized carbons (Fsp3) is 0.143. The van der Waals surface area contributed by atoms with Crippen LogP contribution in [0.1, 0.15) is 28.6 Å². The molecule has 0 aliphatic carbocycles. The summed E-state index contributed by atoms with van der Waals surface area (Å²) < 4.78 is 23.7. The van der Waals surface area contributed by atoms with E-state index in [1.165, 1.54) is 30.4 Å². The van der Waals surface area contributed by atoms with Gasteiger partial charge >= 0.3 is 0 Å². The van der Waals surface area contributed by atoms with Crippen LogP contribution in [-0.2, 0) is 21.1 Å². The number of thiazole rings is 1. The van der Waals surface area contributed by atoms with Crippen LogP contribution in [0.25, 0.3) is 12.2 Å². The van der Waals surface area contributed by atoms with Gasteiger partial charge in [-0.3, -0.25) is 14.9 Å². The number of carbonyl (C=O) groups is 1. The van der Waals surface area contributed by atoms with Crippen molar-refractivity contribution in [3.8, 4) is 0 Å². The van der Waals surface area contributed by atoms with E-state index >= 15 is 0 Å². The zero-order chi connectivity index (χ0) is 22.6. The molecule has 0 bridgehead atoms. The largest absolute Gasteiger partial charge is 0.302 e. The molecule has 1 heterocycles. The second-order valence-electron chi connectivity index (χ2n) is 6.79. The lowest BCUT2D eigenvalue weighted by Gasteiger charge is -2.03. The van der Waals surface area contributed by atoms with E-state index in [1.807, 2.05) is 6.07 Å². The van der Waals surface area contributed by atoms with Gasteiger partial charge in [-0.1, -0.05) is 18.2 Å². The molecule has 0 unspecified atom stereocenters. The maximum atomic E-state index is 11.8. The van der Waals surface area contributed by atoms with Gasteiger partial charge in [0.15, 0.2) is 15.0 Å². The second-order valence-corrected chi connectivity index (χ2v) is 9.89. The number of aromatic nitrogens is 1. The average molecular weight is 458 g/mol. The lowest BCUT2D eigenvalue weighted by atomic mass is 10.1. The molecular formula is C21H19N3O5S2. The summed E-state index contributed by atoms with van der Waals surface area (Å²) in [6, 6.07) is 12.8. The monoisotopic (exact) mass is 457 g/mol. The smallest absolute Gasteiger partial charge is 0.269 e. The zero-order valence-corrected chi connectivity index (χ0v) is 18.4. The number of hydrogen-bond donors (Lipinski definition) is 1. The van der Waals surface area contributed by atoms with Crippen LogP contribution >= 0.6 is 11.3 Å². The van der Waals surface area contributed by atoms with Crippen LogP contribution in [0.3, 0.4) is 0 Å². The number of nitrogens with one attached hydrogen (secondary N) is 1. The number of non-ortho nitro benzene ring substituents is 1. The van der Waals surface area contributed by atoms with Crippen molar-refractivity contribution in [1.82, 2.24) is 4.98 Å². The van der Waals surface area contributed by atoms with Gasteiger partial charge in [-0.15, -0.1) is 11.3 Å². The number of carbonyl (C=O) groups excluding carboxylic acids is 1. The van der Waals surface area contributed by atoms with Gasteiger partial charge in [0.25, 0.3) is 5.69 Å². The fourth-order valence-electron chi connectivity index (χ4n) is 2.78. The van der Waals surface area contributed by atoms with Crippen LogP contribution in [0.5, 0.6) is 0 Å². The van der Waals surface area contributed by atoms with E-state index in [-0.39, 0.29) is 16.5 Å². The van der Waals surface area contributed by atoms with E-state index in [1.54, 1.807) is 42.5 Å². The molecule has 0 saturated carbocycles. The number of nitro benzene ring substituents is 1. The van der Waals surface area contributed by atoms with E-state index in [0.29, 0.717) is 17.2 Å². The number of amides is 1. The summed E-state index contributed by atoms with van der Waals surface area (Å²) in [5.41, 5.74) is 2.18. The van der Waals surface area contributed by atoms with E-state index in [2.05, 4.69) is 10.3 Å². The second kappa shape index (κ2) is 9.19. The van der Waals surface area contributed by atoms with Crippen LogP contribution in [-0.4, -0.2) is 30.5 Å². The normalized spacial score (nSPS) is 11.5. The minimum Gasteiger partial charge on any atom is -0.302 e. The Morgan fingerprint density at radius 3 is 2.52 bits per heavy atom. The van der Waals surface area contributed by atoms with Crippen LogP contribution in [0.4, 0.5) is 10.8 Å². The van der Waals surface area contributed by atoms with E-state index in [0.717, 1.165) is 22.3 Å². The Morgan fingerprint density at radius 1 is 1.19 bits per heavy atom. The number of rotatable bonds is 7. The van der Waals surface area contributed by atoms with Crippen LogP contribution in [0, 0.1) is 10.1 Å². The molecule has 0 aliphatic heterocycles. The van der Waals surface area contributed by atoms with E-state index in [9.17, 15) is 23.3 Å². The summed E-state index contributed by atoms with van der Waals surface area (Å²) in [6.07, 6.45) is 5.12. The summed E-state index contributed by atoms with van der Waals surface area (Å²) in [5.74, 6) is -0.245. The molecule has 1 N–H and O–H groups in total.